The Bertz CT molecular complexity index is 659. The molecule has 30 heavy (non-hydrogen) atoms. The second kappa shape index (κ2) is 9.92. The molecule has 0 aromatic carbocycles. The summed E-state index contributed by atoms with van der Waals surface area (Å²) >= 11 is 0. The maximum absolute atomic E-state index is 12.7. The summed E-state index contributed by atoms with van der Waals surface area (Å²) in [7, 11) is 1.72. The number of hydrogen-bond donors (Lipinski definition) is 2. The van der Waals surface area contributed by atoms with Gasteiger partial charge in [-0.2, -0.15) is 0 Å². The number of fused-ring (bicyclic) bond motifs is 5. The van der Waals surface area contributed by atoms with E-state index in [4.69, 9.17) is 9.47 Å². The van der Waals surface area contributed by atoms with Crippen LogP contribution in [0.4, 0.5) is 0 Å². The number of imide groups is 1. The number of guanidine groups is 1. The van der Waals surface area contributed by atoms with Gasteiger partial charge in [0.2, 0.25) is 11.8 Å². The summed E-state index contributed by atoms with van der Waals surface area (Å²) in [6, 6.07) is 0. The number of ether oxygens (including phenoxy) is 2. The number of nitrogens with zero attached hydrogens (tertiary/aromatic N) is 2. The van der Waals surface area contributed by atoms with Crippen LogP contribution in [0, 0.1) is 29.6 Å². The average Bonchev–Trinajstić information content (AvgIpc) is 3.45. The molecule has 8 heteroatoms. The highest BCUT2D eigenvalue weighted by Gasteiger charge is 2.58. The van der Waals surface area contributed by atoms with Gasteiger partial charge in [0, 0.05) is 53.1 Å². The zero-order chi connectivity index (χ0) is 20.9. The highest BCUT2D eigenvalue weighted by atomic mass is 16.5. The van der Waals surface area contributed by atoms with E-state index in [0.717, 1.165) is 58.7 Å². The number of aliphatic imine (C=N–C) groups is 1. The van der Waals surface area contributed by atoms with E-state index in [9.17, 15) is 9.59 Å². The molecular weight excluding hydrogens is 384 g/mol. The van der Waals surface area contributed by atoms with Crippen LogP contribution in [0.5, 0.6) is 0 Å². The fraction of sp³-hybridized carbons (Fsp3) is 0.773. The number of rotatable bonds is 9. The van der Waals surface area contributed by atoms with Crippen molar-refractivity contribution in [3.63, 3.8) is 0 Å². The predicted molar refractivity (Wildman–Crippen MR) is 113 cm³/mol. The van der Waals surface area contributed by atoms with Crippen LogP contribution in [-0.2, 0) is 19.1 Å². The Morgan fingerprint density at radius 1 is 1.13 bits per heavy atom. The van der Waals surface area contributed by atoms with Gasteiger partial charge in [-0.1, -0.05) is 12.2 Å². The van der Waals surface area contributed by atoms with Crippen molar-refractivity contribution in [2.45, 2.75) is 25.7 Å². The maximum Gasteiger partial charge on any atom is 0.233 e. The summed E-state index contributed by atoms with van der Waals surface area (Å²) in [6.07, 6.45) is 8.29. The van der Waals surface area contributed by atoms with E-state index in [2.05, 4.69) is 27.8 Å². The minimum Gasteiger partial charge on any atom is -0.381 e. The largest absolute Gasteiger partial charge is 0.381 e. The molecule has 2 aliphatic carbocycles. The number of nitrogens with one attached hydrogen (secondary N) is 2. The van der Waals surface area contributed by atoms with Gasteiger partial charge in [0.25, 0.3) is 0 Å². The van der Waals surface area contributed by atoms with E-state index in [1.54, 1.807) is 7.05 Å². The van der Waals surface area contributed by atoms with Gasteiger partial charge in [0.15, 0.2) is 5.96 Å². The van der Waals surface area contributed by atoms with E-state index in [1.807, 2.05) is 0 Å². The molecule has 2 aliphatic heterocycles. The molecule has 2 bridgehead atoms. The highest BCUT2D eigenvalue weighted by molar-refractivity contribution is 6.06. The van der Waals surface area contributed by atoms with E-state index in [0.29, 0.717) is 25.0 Å². The summed E-state index contributed by atoms with van der Waals surface area (Å²) in [5.74, 6) is 1.61. The minimum absolute atomic E-state index is 0.00766. The van der Waals surface area contributed by atoms with Crippen LogP contribution in [0.3, 0.4) is 0 Å². The first-order valence-electron chi connectivity index (χ1n) is 11.3. The van der Waals surface area contributed by atoms with Crippen LogP contribution < -0.4 is 10.6 Å². The van der Waals surface area contributed by atoms with Crippen LogP contribution in [0.2, 0.25) is 0 Å². The third-order valence-corrected chi connectivity index (χ3v) is 6.87. The van der Waals surface area contributed by atoms with Gasteiger partial charge in [-0.3, -0.25) is 19.5 Å². The molecule has 0 spiro atoms. The Morgan fingerprint density at radius 2 is 1.80 bits per heavy atom. The lowest BCUT2D eigenvalue weighted by molar-refractivity contribution is -0.140. The monoisotopic (exact) mass is 418 g/mol. The molecule has 3 fully saturated rings. The van der Waals surface area contributed by atoms with Crippen molar-refractivity contribution in [1.82, 2.24) is 15.5 Å². The Labute approximate surface area is 178 Å². The standard InChI is InChI=1S/C22H34N4O4/c1-23-22(24-7-2-10-30-14-15-5-11-29-12-6-15)25-8-9-26-20(27)18-16-3-4-17(13-16)19(18)21(26)28/h3-4,15-19H,2,5-14H2,1H3,(H2,23,24,25). The quantitative estimate of drug-likeness (QED) is 0.189. The molecule has 2 heterocycles. The molecule has 0 radical (unpaired) electrons. The Kier molecular flexibility index (Phi) is 7.04. The molecule has 0 aromatic rings. The average molecular weight is 419 g/mol. The van der Waals surface area contributed by atoms with Crippen molar-refractivity contribution >= 4 is 17.8 Å². The van der Waals surface area contributed by atoms with Crippen molar-refractivity contribution in [2.24, 2.45) is 34.6 Å². The number of allylic oxidation sites excluding steroid dienone is 2. The number of amides is 2. The highest BCUT2D eigenvalue weighted by Crippen LogP contribution is 2.52. The summed E-state index contributed by atoms with van der Waals surface area (Å²) in [6.45, 7) is 4.88. The molecule has 0 aromatic heterocycles. The molecule has 4 aliphatic rings. The lowest BCUT2D eigenvalue weighted by Gasteiger charge is -2.21. The van der Waals surface area contributed by atoms with Gasteiger partial charge in [-0.25, -0.2) is 0 Å². The molecule has 2 amide bonds. The van der Waals surface area contributed by atoms with Gasteiger partial charge >= 0.3 is 0 Å². The van der Waals surface area contributed by atoms with Crippen LogP contribution >= 0.6 is 0 Å². The molecule has 2 N–H and O–H groups in total. The van der Waals surface area contributed by atoms with E-state index in [-0.39, 0.29) is 35.5 Å². The lowest BCUT2D eigenvalue weighted by atomic mass is 9.85. The van der Waals surface area contributed by atoms with Crippen LogP contribution in [0.25, 0.3) is 0 Å². The number of likely N-dealkylation sites (tertiary alicyclic amines) is 1. The molecule has 4 atom stereocenters. The summed E-state index contributed by atoms with van der Waals surface area (Å²) in [5.41, 5.74) is 0. The minimum atomic E-state index is -0.119. The second-order valence-corrected chi connectivity index (χ2v) is 8.74. The predicted octanol–water partition coefficient (Wildman–Crippen LogP) is 0.792. The maximum atomic E-state index is 12.7. The number of carbonyl (C=O) groups is 2. The van der Waals surface area contributed by atoms with Crippen LogP contribution in [0.1, 0.15) is 25.7 Å². The summed E-state index contributed by atoms with van der Waals surface area (Å²) < 4.78 is 11.1. The van der Waals surface area contributed by atoms with Crippen molar-refractivity contribution in [3.05, 3.63) is 12.2 Å². The van der Waals surface area contributed by atoms with Gasteiger partial charge in [0.05, 0.1) is 11.8 Å². The third kappa shape index (κ3) is 4.54. The molecule has 8 nitrogen and oxygen atoms in total. The molecule has 4 rings (SSSR count). The summed E-state index contributed by atoms with van der Waals surface area (Å²) in [5, 5.41) is 6.47. The normalized spacial score (nSPS) is 31.0. The van der Waals surface area contributed by atoms with Gasteiger partial charge in [-0.15, -0.1) is 0 Å². The zero-order valence-corrected chi connectivity index (χ0v) is 17.8. The molecular formula is C22H34N4O4. The van der Waals surface area contributed by atoms with Crippen LogP contribution in [0.15, 0.2) is 17.1 Å². The second-order valence-electron chi connectivity index (χ2n) is 8.74. The fourth-order valence-corrected chi connectivity index (χ4v) is 5.24. The number of carbonyl (C=O) groups excluding carboxylic acids is 2. The van der Waals surface area contributed by atoms with E-state index < -0.39 is 0 Å². The summed E-state index contributed by atoms with van der Waals surface area (Å²) in [4.78, 5) is 31.1. The fourth-order valence-electron chi connectivity index (χ4n) is 5.24. The van der Waals surface area contributed by atoms with Gasteiger partial charge in [0.1, 0.15) is 0 Å². The van der Waals surface area contributed by atoms with Crippen molar-refractivity contribution in [3.8, 4) is 0 Å². The third-order valence-electron chi connectivity index (χ3n) is 6.87. The first-order chi connectivity index (χ1) is 14.7. The van der Waals surface area contributed by atoms with Crippen LogP contribution in [-0.4, -0.2) is 75.8 Å². The number of hydrogen-bond acceptors (Lipinski definition) is 5. The Hall–Kier alpha value is -1.93. The van der Waals surface area contributed by atoms with Crippen molar-refractivity contribution in [2.75, 3.05) is 53.1 Å². The lowest BCUT2D eigenvalue weighted by Crippen LogP contribution is -2.44. The Balaban J connectivity index is 1.09. The van der Waals surface area contributed by atoms with Crippen molar-refractivity contribution < 1.29 is 19.1 Å². The van der Waals surface area contributed by atoms with Crippen molar-refractivity contribution in [1.29, 1.82) is 0 Å². The zero-order valence-electron chi connectivity index (χ0n) is 17.8. The first kappa shape index (κ1) is 21.3. The molecule has 4 unspecified atom stereocenters. The smallest absolute Gasteiger partial charge is 0.233 e. The Morgan fingerprint density at radius 3 is 2.47 bits per heavy atom. The molecule has 166 valence electrons. The van der Waals surface area contributed by atoms with E-state index >= 15 is 0 Å². The van der Waals surface area contributed by atoms with E-state index in [1.165, 1.54) is 4.90 Å². The SMILES string of the molecule is CN=C(NCCCOCC1CCOCC1)NCCN1C(=O)C2C3C=CC(C3)C2C1=O. The topological polar surface area (TPSA) is 92.3 Å². The van der Waals surface area contributed by atoms with Gasteiger partial charge < -0.3 is 20.1 Å². The molecule has 2 saturated heterocycles. The van der Waals surface area contributed by atoms with Gasteiger partial charge in [-0.05, 0) is 43.4 Å². The molecule has 1 saturated carbocycles. The first-order valence-corrected chi connectivity index (χ1v) is 11.3.